The second-order valence-corrected chi connectivity index (χ2v) is 3.46. The number of para-hydroxylation sites is 1. The van der Waals surface area contributed by atoms with E-state index >= 15 is 0 Å². The van der Waals surface area contributed by atoms with Crippen LogP contribution in [0.2, 0.25) is 0 Å². The zero-order chi connectivity index (χ0) is 10.4. The van der Waals surface area contributed by atoms with Gasteiger partial charge >= 0.3 is 5.97 Å². The molecule has 15 heavy (non-hydrogen) atoms. The van der Waals surface area contributed by atoms with Gasteiger partial charge in [0.1, 0.15) is 11.3 Å². The first-order valence-corrected chi connectivity index (χ1v) is 4.66. The number of allylic oxidation sites excluding steroid dienone is 1. The standard InChI is InChI=1S/C11H8N2O2/c14-11(15)7-3-1-4-8-10(7)12-9-5-2-6-13(8)9/h1-5H,6H2,(H,14,15). The summed E-state index contributed by atoms with van der Waals surface area (Å²) >= 11 is 0. The molecule has 2 aromatic rings. The molecule has 0 saturated carbocycles. The van der Waals surface area contributed by atoms with E-state index in [9.17, 15) is 4.79 Å². The Labute approximate surface area is 85.5 Å². The Hall–Kier alpha value is -2.10. The van der Waals surface area contributed by atoms with Gasteiger partial charge in [0.05, 0.1) is 11.1 Å². The summed E-state index contributed by atoms with van der Waals surface area (Å²) in [6, 6.07) is 5.22. The number of imidazole rings is 1. The molecule has 0 radical (unpaired) electrons. The number of hydrogen-bond acceptors (Lipinski definition) is 2. The van der Waals surface area contributed by atoms with Crippen molar-refractivity contribution in [2.75, 3.05) is 0 Å². The molecular formula is C11H8N2O2. The van der Waals surface area contributed by atoms with E-state index in [1.165, 1.54) is 0 Å². The molecule has 0 unspecified atom stereocenters. The molecule has 0 spiro atoms. The molecule has 2 heterocycles. The van der Waals surface area contributed by atoms with Gasteiger partial charge < -0.3 is 9.67 Å². The molecule has 0 fully saturated rings. The summed E-state index contributed by atoms with van der Waals surface area (Å²) in [6.45, 7) is 0.773. The van der Waals surface area contributed by atoms with Crippen LogP contribution in [0.25, 0.3) is 17.1 Å². The van der Waals surface area contributed by atoms with Crippen molar-refractivity contribution >= 4 is 23.1 Å². The fraction of sp³-hybridized carbons (Fsp3) is 0.0909. The van der Waals surface area contributed by atoms with Crippen LogP contribution < -0.4 is 0 Å². The molecule has 1 aliphatic rings. The van der Waals surface area contributed by atoms with Crippen molar-refractivity contribution in [1.82, 2.24) is 9.55 Å². The fourth-order valence-electron chi connectivity index (χ4n) is 1.92. The first kappa shape index (κ1) is 8.23. The van der Waals surface area contributed by atoms with Gasteiger partial charge in [0.2, 0.25) is 0 Å². The molecule has 0 aliphatic carbocycles. The van der Waals surface area contributed by atoms with Gasteiger partial charge in [0.15, 0.2) is 0 Å². The number of aromatic carboxylic acids is 1. The van der Waals surface area contributed by atoms with Gasteiger partial charge in [0, 0.05) is 6.54 Å². The fourth-order valence-corrected chi connectivity index (χ4v) is 1.92. The number of carboxylic acid groups (broad SMARTS) is 1. The van der Waals surface area contributed by atoms with Crippen LogP contribution in [0.5, 0.6) is 0 Å². The average molecular weight is 200 g/mol. The highest BCUT2D eigenvalue weighted by Gasteiger charge is 2.16. The van der Waals surface area contributed by atoms with Crippen molar-refractivity contribution in [3.8, 4) is 0 Å². The zero-order valence-electron chi connectivity index (χ0n) is 7.84. The van der Waals surface area contributed by atoms with Gasteiger partial charge in [-0.1, -0.05) is 12.1 Å². The number of benzene rings is 1. The van der Waals surface area contributed by atoms with Crippen LogP contribution in [0.4, 0.5) is 0 Å². The maximum atomic E-state index is 11.0. The molecule has 1 aromatic heterocycles. The molecule has 0 saturated heterocycles. The number of hydrogen-bond donors (Lipinski definition) is 1. The Morgan fingerprint density at radius 3 is 3.13 bits per heavy atom. The molecule has 1 aliphatic heterocycles. The second-order valence-electron chi connectivity index (χ2n) is 3.46. The predicted molar refractivity (Wildman–Crippen MR) is 55.7 cm³/mol. The number of fused-ring (bicyclic) bond motifs is 3. The molecule has 74 valence electrons. The Bertz CT molecular complexity index is 596. The number of aromatic nitrogens is 2. The first-order chi connectivity index (χ1) is 7.27. The number of nitrogens with zero attached hydrogens (tertiary/aromatic N) is 2. The lowest BCUT2D eigenvalue weighted by molar-refractivity contribution is 0.0699. The minimum absolute atomic E-state index is 0.266. The maximum absolute atomic E-state index is 11.0. The summed E-state index contributed by atoms with van der Waals surface area (Å²) in [5.41, 5.74) is 1.72. The van der Waals surface area contributed by atoms with Crippen molar-refractivity contribution in [2.24, 2.45) is 0 Å². The molecular weight excluding hydrogens is 192 g/mol. The third kappa shape index (κ3) is 1.01. The van der Waals surface area contributed by atoms with E-state index in [0.717, 1.165) is 17.9 Å². The maximum Gasteiger partial charge on any atom is 0.337 e. The van der Waals surface area contributed by atoms with Crippen LogP contribution in [-0.4, -0.2) is 20.6 Å². The van der Waals surface area contributed by atoms with Crippen LogP contribution in [0.1, 0.15) is 16.2 Å². The van der Waals surface area contributed by atoms with E-state index in [1.807, 2.05) is 22.8 Å². The zero-order valence-corrected chi connectivity index (χ0v) is 7.84. The molecule has 1 aromatic carbocycles. The van der Waals surface area contributed by atoms with Crippen LogP contribution in [0, 0.1) is 0 Å². The lowest BCUT2D eigenvalue weighted by atomic mass is 10.2. The van der Waals surface area contributed by atoms with Crippen LogP contribution >= 0.6 is 0 Å². The van der Waals surface area contributed by atoms with Crippen molar-refractivity contribution in [2.45, 2.75) is 6.54 Å². The summed E-state index contributed by atoms with van der Waals surface area (Å²) < 4.78 is 2.00. The Kier molecular flexibility index (Phi) is 1.48. The van der Waals surface area contributed by atoms with Gasteiger partial charge in [0.25, 0.3) is 0 Å². The quantitative estimate of drug-likeness (QED) is 0.763. The number of carbonyl (C=O) groups is 1. The monoisotopic (exact) mass is 200 g/mol. The van der Waals surface area contributed by atoms with Gasteiger partial charge in [-0.2, -0.15) is 0 Å². The smallest absolute Gasteiger partial charge is 0.337 e. The van der Waals surface area contributed by atoms with Crippen LogP contribution in [0.15, 0.2) is 24.3 Å². The Balaban J connectivity index is 2.41. The molecule has 1 N–H and O–H groups in total. The SMILES string of the molecule is O=C(O)c1cccc2c1nc1n2CC=C1. The third-order valence-electron chi connectivity index (χ3n) is 2.59. The van der Waals surface area contributed by atoms with Crippen molar-refractivity contribution < 1.29 is 9.90 Å². The third-order valence-corrected chi connectivity index (χ3v) is 2.59. The van der Waals surface area contributed by atoms with E-state index in [-0.39, 0.29) is 5.56 Å². The van der Waals surface area contributed by atoms with Gasteiger partial charge in [-0.15, -0.1) is 0 Å². The van der Waals surface area contributed by atoms with Gasteiger partial charge in [-0.3, -0.25) is 0 Å². The topological polar surface area (TPSA) is 55.1 Å². The summed E-state index contributed by atoms with van der Waals surface area (Å²) in [4.78, 5) is 15.3. The van der Waals surface area contributed by atoms with E-state index < -0.39 is 5.97 Å². The van der Waals surface area contributed by atoms with Gasteiger partial charge in [-0.05, 0) is 18.2 Å². The summed E-state index contributed by atoms with van der Waals surface area (Å²) in [5, 5.41) is 9.01. The summed E-state index contributed by atoms with van der Waals surface area (Å²) in [6.07, 6.45) is 3.92. The average Bonchev–Trinajstić information content (AvgIpc) is 2.75. The van der Waals surface area contributed by atoms with Crippen molar-refractivity contribution in [3.05, 3.63) is 35.7 Å². The van der Waals surface area contributed by atoms with E-state index in [4.69, 9.17) is 5.11 Å². The lowest BCUT2D eigenvalue weighted by Gasteiger charge is -1.98. The molecule has 0 amide bonds. The number of carboxylic acids is 1. The van der Waals surface area contributed by atoms with E-state index in [1.54, 1.807) is 12.1 Å². The van der Waals surface area contributed by atoms with E-state index in [0.29, 0.717) is 5.52 Å². The molecule has 4 nitrogen and oxygen atoms in total. The molecule has 3 rings (SSSR count). The first-order valence-electron chi connectivity index (χ1n) is 4.66. The normalized spacial score (nSPS) is 13.3. The highest BCUT2D eigenvalue weighted by molar-refractivity contribution is 6.01. The molecule has 4 heteroatoms. The predicted octanol–water partition coefficient (Wildman–Crippen LogP) is 1.76. The van der Waals surface area contributed by atoms with Crippen LogP contribution in [0.3, 0.4) is 0 Å². The Morgan fingerprint density at radius 1 is 1.47 bits per heavy atom. The second kappa shape index (κ2) is 2.70. The molecule has 0 atom stereocenters. The number of rotatable bonds is 1. The lowest BCUT2D eigenvalue weighted by Crippen LogP contribution is -1.97. The molecule has 0 bridgehead atoms. The summed E-state index contributed by atoms with van der Waals surface area (Å²) in [7, 11) is 0. The highest BCUT2D eigenvalue weighted by Crippen LogP contribution is 2.23. The minimum Gasteiger partial charge on any atom is -0.478 e. The highest BCUT2D eigenvalue weighted by atomic mass is 16.4. The van der Waals surface area contributed by atoms with Gasteiger partial charge in [-0.25, -0.2) is 9.78 Å². The largest absolute Gasteiger partial charge is 0.478 e. The Morgan fingerprint density at radius 2 is 2.33 bits per heavy atom. The minimum atomic E-state index is -0.929. The van der Waals surface area contributed by atoms with Crippen molar-refractivity contribution in [3.63, 3.8) is 0 Å². The summed E-state index contributed by atoms with van der Waals surface area (Å²) in [5.74, 6) is -0.0972. The van der Waals surface area contributed by atoms with Crippen LogP contribution in [-0.2, 0) is 6.54 Å². The van der Waals surface area contributed by atoms with E-state index in [2.05, 4.69) is 4.98 Å². The van der Waals surface area contributed by atoms with Crippen molar-refractivity contribution in [1.29, 1.82) is 0 Å².